The summed E-state index contributed by atoms with van der Waals surface area (Å²) in [6, 6.07) is 5.51. The van der Waals surface area contributed by atoms with Gasteiger partial charge >= 0.3 is 0 Å². The molecular formula is C34H48O8. The number of hydrogen-bond acceptors (Lipinski definition) is 8. The third kappa shape index (κ3) is 8.19. The molecule has 0 fully saturated rings. The first kappa shape index (κ1) is 33.3. The Morgan fingerprint density at radius 3 is 2.14 bits per heavy atom. The summed E-state index contributed by atoms with van der Waals surface area (Å²) in [5, 5.41) is 20.4. The first-order chi connectivity index (χ1) is 19.7. The molecule has 8 nitrogen and oxygen atoms in total. The van der Waals surface area contributed by atoms with Crippen molar-refractivity contribution in [3.8, 4) is 28.7 Å². The number of carbonyl (C=O) groups excluding carboxylic acids is 1. The Bertz CT molecular complexity index is 1280. The minimum atomic E-state index is -0.885. The molecule has 2 N–H and O–H groups in total. The van der Waals surface area contributed by atoms with Gasteiger partial charge < -0.3 is 33.9 Å². The summed E-state index contributed by atoms with van der Waals surface area (Å²) in [7, 11) is 6.31. The fraction of sp³-hybridized carbons (Fsp3) is 0.559. The van der Waals surface area contributed by atoms with Gasteiger partial charge in [0, 0.05) is 22.8 Å². The van der Waals surface area contributed by atoms with Gasteiger partial charge in [0.2, 0.25) is 0 Å². The third-order valence-corrected chi connectivity index (χ3v) is 7.68. The van der Waals surface area contributed by atoms with Gasteiger partial charge in [-0.25, -0.2) is 0 Å². The zero-order chi connectivity index (χ0) is 31.2. The lowest BCUT2D eigenvalue weighted by molar-refractivity contribution is 0.0687. The molecule has 1 aliphatic rings. The predicted octanol–water partition coefficient (Wildman–Crippen LogP) is 6.56. The predicted molar refractivity (Wildman–Crippen MR) is 164 cm³/mol. The van der Waals surface area contributed by atoms with E-state index in [1.54, 1.807) is 41.2 Å². The van der Waals surface area contributed by atoms with E-state index in [-0.39, 0.29) is 12.2 Å². The molecule has 0 saturated carbocycles. The first-order valence-corrected chi connectivity index (χ1v) is 14.5. The van der Waals surface area contributed by atoms with Crippen molar-refractivity contribution in [2.45, 2.75) is 96.9 Å². The van der Waals surface area contributed by atoms with Crippen LogP contribution in [0.1, 0.15) is 99.9 Å². The number of allylic oxidation sites excluding steroid dienone is 2. The number of Topliss-reactive ketones (excluding diaryl/α,β-unsaturated/α-hetero) is 1. The van der Waals surface area contributed by atoms with Gasteiger partial charge in [-0.05, 0) is 79.2 Å². The molecule has 0 bridgehead atoms. The normalized spacial score (nSPS) is 15.6. The maximum atomic E-state index is 13.7. The summed E-state index contributed by atoms with van der Waals surface area (Å²) in [6.45, 7) is 9.23. The van der Waals surface area contributed by atoms with E-state index < -0.39 is 17.3 Å². The molecule has 0 amide bonds. The number of rotatable bonds is 14. The number of fused-ring (bicyclic) bond motifs is 1. The maximum Gasteiger partial charge on any atom is 0.174 e. The van der Waals surface area contributed by atoms with Crippen LogP contribution in [0.25, 0.3) is 0 Å². The lowest BCUT2D eigenvalue weighted by Crippen LogP contribution is -2.24. The van der Waals surface area contributed by atoms with E-state index in [1.807, 2.05) is 26.0 Å². The summed E-state index contributed by atoms with van der Waals surface area (Å²) >= 11 is 0. The van der Waals surface area contributed by atoms with E-state index in [9.17, 15) is 15.0 Å². The van der Waals surface area contributed by atoms with Crippen molar-refractivity contribution in [2.75, 3.05) is 28.4 Å². The topological polar surface area (TPSA) is 104 Å². The molecule has 0 saturated heterocycles. The van der Waals surface area contributed by atoms with Crippen LogP contribution >= 0.6 is 0 Å². The fourth-order valence-corrected chi connectivity index (χ4v) is 5.42. The molecule has 0 spiro atoms. The molecule has 1 aliphatic heterocycles. The number of methoxy groups -OCH3 is 4. The number of carbonyl (C=O) groups is 1. The fourth-order valence-electron chi connectivity index (χ4n) is 5.42. The molecule has 0 aliphatic carbocycles. The van der Waals surface area contributed by atoms with E-state index in [4.69, 9.17) is 23.7 Å². The average molecular weight is 585 g/mol. The highest BCUT2D eigenvalue weighted by Crippen LogP contribution is 2.47. The Hall–Kier alpha value is -3.23. The van der Waals surface area contributed by atoms with Gasteiger partial charge in [-0.2, -0.15) is 0 Å². The van der Waals surface area contributed by atoms with Crippen molar-refractivity contribution in [1.29, 1.82) is 0 Å². The van der Waals surface area contributed by atoms with Crippen LogP contribution < -0.4 is 23.7 Å². The van der Waals surface area contributed by atoms with Crippen LogP contribution in [-0.2, 0) is 12.8 Å². The largest absolute Gasteiger partial charge is 0.496 e. The number of aliphatic hydroxyl groups is 2. The zero-order valence-corrected chi connectivity index (χ0v) is 26.7. The molecule has 3 rings (SSSR count). The van der Waals surface area contributed by atoms with Crippen LogP contribution in [-0.4, -0.2) is 55.6 Å². The van der Waals surface area contributed by atoms with E-state index >= 15 is 0 Å². The van der Waals surface area contributed by atoms with E-state index in [0.29, 0.717) is 53.6 Å². The molecular weight excluding hydrogens is 536 g/mol. The highest BCUT2D eigenvalue weighted by molar-refractivity contribution is 6.03. The summed E-state index contributed by atoms with van der Waals surface area (Å²) < 4.78 is 29.4. The lowest BCUT2D eigenvalue weighted by atomic mass is 9.88. The Morgan fingerprint density at radius 1 is 0.929 bits per heavy atom. The molecule has 232 valence electrons. The SMILES string of the molecule is COc1cc2c(c(OC)c1CCC(C)(C)O)C(=O)C[C@@H](c1ccc(OC)c(OC)c1C/C=C(\C)CCCC(C)(C)O)O2. The molecule has 2 aromatic carbocycles. The number of benzene rings is 2. The number of hydrogen-bond donors (Lipinski definition) is 2. The van der Waals surface area contributed by atoms with Crippen LogP contribution in [0.3, 0.4) is 0 Å². The van der Waals surface area contributed by atoms with Gasteiger partial charge in [0.25, 0.3) is 0 Å². The molecule has 1 atom stereocenters. The maximum absolute atomic E-state index is 13.7. The Kier molecular flexibility index (Phi) is 11.0. The summed E-state index contributed by atoms with van der Waals surface area (Å²) in [6.07, 6.45) is 5.70. The first-order valence-electron chi connectivity index (χ1n) is 14.5. The number of ketones is 1. The van der Waals surface area contributed by atoms with Crippen LogP contribution in [0.4, 0.5) is 0 Å². The summed E-state index contributed by atoms with van der Waals surface area (Å²) in [5.74, 6) is 2.48. The molecule has 0 radical (unpaired) electrons. The average Bonchev–Trinajstić information content (AvgIpc) is 2.92. The monoisotopic (exact) mass is 584 g/mol. The van der Waals surface area contributed by atoms with E-state index in [1.165, 1.54) is 12.7 Å². The quantitative estimate of drug-likeness (QED) is 0.241. The highest BCUT2D eigenvalue weighted by Gasteiger charge is 2.35. The minimum absolute atomic E-state index is 0.0932. The van der Waals surface area contributed by atoms with Gasteiger partial charge in [-0.3, -0.25) is 4.79 Å². The summed E-state index contributed by atoms with van der Waals surface area (Å²) in [4.78, 5) is 13.7. The lowest BCUT2D eigenvalue weighted by Gasteiger charge is -2.30. The van der Waals surface area contributed by atoms with Crippen molar-refractivity contribution < 1.29 is 38.7 Å². The highest BCUT2D eigenvalue weighted by atomic mass is 16.5. The van der Waals surface area contributed by atoms with Crippen molar-refractivity contribution in [3.05, 3.63) is 52.1 Å². The van der Waals surface area contributed by atoms with Gasteiger partial charge in [0.15, 0.2) is 17.3 Å². The molecule has 0 unspecified atom stereocenters. The van der Waals surface area contributed by atoms with Crippen LogP contribution in [0.2, 0.25) is 0 Å². The number of ether oxygens (including phenoxy) is 5. The van der Waals surface area contributed by atoms with E-state index in [2.05, 4.69) is 13.0 Å². The second-order valence-electron chi connectivity index (χ2n) is 12.3. The second-order valence-corrected chi connectivity index (χ2v) is 12.3. The Balaban J connectivity index is 2.01. The van der Waals surface area contributed by atoms with Crippen LogP contribution in [0.15, 0.2) is 29.8 Å². The molecule has 2 aromatic rings. The molecule has 1 heterocycles. The molecule has 42 heavy (non-hydrogen) atoms. The van der Waals surface area contributed by atoms with Crippen molar-refractivity contribution in [3.63, 3.8) is 0 Å². The third-order valence-electron chi connectivity index (χ3n) is 7.68. The van der Waals surface area contributed by atoms with Crippen LogP contribution in [0, 0.1) is 0 Å². The van der Waals surface area contributed by atoms with Crippen molar-refractivity contribution >= 4 is 5.78 Å². The van der Waals surface area contributed by atoms with Gasteiger partial charge in [-0.1, -0.05) is 17.7 Å². The smallest absolute Gasteiger partial charge is 0.174 e. The van der Waals surface area contributed by atoms with Gasteiger partial charge in [0.05, 0.1) is 46.1 Å². The zero-order valence-electron chi connectivity index (χ0n) is 26.7. The van der Waals surface area contributed by atoms with E-state index in [0.717, 1.165) is 36.0 Å². The second kappa shape index (κ2) is 13.8. The van der Waals surface area contributed by atoms with Gasteiger partial charge in [-0.15, -0.1) is 0 Å². The Labute approximate surface area is 250 Å². The minimum Gasteiger partial charge on any atom is -0.496 e. The van der Waals surface area contributed by atoms with Crippen LogP contribution in [0.5, 0.6) is 28.7 Å². The summed E-state index contributed by atoms with van der Waals surface area (Å²) in [5.41, 5.74) is 2.49. The standard InChI is InChI=1S/C34H48O8/c1-21(11-10-17-33(2,3)36)12-13-23-22(14-15-26(38-6)31(23)40-8)28-19-25(35)30-29(42-28)20-27(39-7)24(32(30)41-9)16-18-34(4,5)37/h12,14-15,20,28,36-37H,10-11,13,16-19H2,1-9H3/b21-12+/t28-/m0/s1. The van der Waals surface area contributed by atoms with Crippen molar-refractivity contribution in [2.24, 2.45) is 0 Å². The molecule has 8 heteroatoms. The van der Waals surface area contributed by atoms with Crippen molar-refractivity contribution in [1.82, 2.24) is 0 Å². The van der Waals surface area contributed by atoms with Gasteiger partial charge in [0.1, 0.15) is 28.9 Å². The Morgan fingerprint density at radius 2 is 1.57 bits per heavy atom. The molecule has 0 aromatic heterocycles.